The highest BCUT2D eigenvalue weighted by molar-refractivity contribution is 8.05. The summed E-state index contributed by atoms with van der Waals surface area (Å²) in [6.45, 7) is 0. The monoisotopic (exact) mass is 382 g/mol. The molecule has 19 heavy (non-hydrogen) atoms. The standard InChI is InChI=1S/C10H22O3S6/c11-10(12,13)9(19-4-2-15)7-17-6-8(5-16)18-3-1-14/h8-9,11-16H,1-7H2. The normalized spacial score (nSPS) is 15.5. The Hall–Kier alpha value is 1.98. The van der Waals surface area contributed by atoms with Crippen LogP contribution < -0.4 is 0 Å². The third-order valence-corrected chi connectivity index (χ3v) is 8.00. The van der Waals surface area contributed by atoms with Gasteiger partial charge in [0.15, 0.2) is 0 Å². The van der Waals surface area contributed by atoms with Gasteiger partial charge in [-0.2, -0.15) is 61.4 Å². The lowest BCUT2D eigenvalue weighted by atomic mass is 10.4. The Morgan fingerprint density at radius 1 is 0.895 bits per heavy atom. The highest BCUT2D eigenvalue weighted by Crippen LogP contribution is 2.26. The van der Waals surface area contributed by atoms with E-state index in [1.807, 2.05) is 11.8 Å². The molecule has 0 aromatic rings. The minimum absolute atomic E-state index is 0.418. The lowest BCUT2D eigenvalue weighted by Crippen LogP contribution is -2.42. The summed E-state index contributed by atoms with van der Waals surface area (Å²) in [5.41, 5.74) is 0. The minimum Gasteiger partial charge on any atom is -0.343 e. The molecule has 3 nitrogen and oxygen atoms in total. The molecule has 0 amide bonds. The summed E-state index contributed by atoms with van der Waals surface area (Å²) in [6, 6.07) is 0. The topological polar surface area (TPSA) is 60.7 Å². The first-order valence-electron chi connectivity index (χ1n) is 5.76. The molecule has 0 bridgehead atoms. The molecular formula is C10H22O3S6. The molecule has 0 aliphatic rings. The van der Waals surface area contributed by atoms with E-state index < -0.39 is 11.2 Å². The highest BCUT2D eigenvalue weighted by atomic mass is 32.2. The maximum atomic E-state index is 9.29. The molecule has 0 saturated heterocycles. The van der Waals surface area contributed by atoms with E-state index in [1.54, 1.807) is 11.8 Å². The van der Waals surface area contributed by atoms with Crippen LogP contribution in [-0.2, 0) is 0 Å². The molecule has 0 heterocycles. The Labute approximate surface area is 144 Å². The molecule has 0 aliphatic carbocycles. The van der Waals surface area contributed by atoms with E-state index in [1.165, 1.54) is 11.8 Å². The molecule has 0 aromatic heterocycles. The lowest BCUT2D eigenvalue weighted by Gasteiger charge is -2.25. The van der Waals surface area contributed by atoms with Gasteiger partial charge in [-0.05, 0) is 11.5 Å². The van der Waals surface area contributed by atoms with Crippen LogP contribution in [0.1, 0.15) is 0 Å². The fourth-order valence-electron chi connectivity index (χ4n) is 1.15. The molecule has 0 aliphatic heterocycles. The Bertz CT molecular complexity index is 214. The van der Waals surface area contributed by atoms with Gasteiger partial charge in [0.2, 0.25) is 0 Å². The molecule has 9 heteroatoms. The molecular weight excluding hydrogens is 361 g/mol. The molecule has 0 aromatic carbocycles. The van der Waals surface area contributed by atoms with Crippen molar-refractivity contribution in [2.24, 2.45) is 0 Å². The molecule has 0 fully saturated rings. The number of thiol groups is 3. The van der Waals surface area contributed by atoms with Crippen molar-refractivity contribution in [3.63, 3.8) is 0 Å². The third-order valence-electron chi connectivity index (χ3n) is 2.06. The summed E-state index contributed by atoms with van der Waals surface area (Å²) < 4.78 is 0. The van der Waals surface area contributed by atoms with Crippen LogP contribution in [-0.4, -0.2) is 72.1 Å². The fourth-order valence-corrected chi connectivity index (χ4v) is 5.86. The zero-order valence-corrected chi connectivity index (χ0v) is 15.6. The second kappa shape index (κ2) is 12.5. The van der Waals surface area contributed by atoms with Gasteiger partial charge in [0.1, 0.15) is 0 Å². The average Bonchev–Trinajstić information content (AvgIpc) is 2.35. The molecule has 0 spiro atoms. The smallest absolute Gasteiger partial charge is 0.288 e. The van der Waals surface area contributed by atoms with E-state index in [0.29, 0.717) is 22.5 Å². The van der Waals surface area contributed by atoms with Crippen molar-refractivity contribution in [3.8, 4) is 0 Å². The van der Waals surface area contributed by atoms with E-state index in [0.717, 1.165) is 23.0 Å². The van der Waals surface area contributed by atoms with E-state index in [-0.39, 0.29) is 0 Å². The van der Waals surface area contributed by atoms with Gasteiger partial charge in [-0.1, -0.05) is 0 Å². The van der Waals surface area contributed by atoms with Crippen molar-refractivity contribution < 1.29 is 15.3 Å². The van der Waals surface area contributed by atoms with Gasteiger partial charge in [0.05, 0.1) is 5.25 Å². The average molecular weight is 383 g/mol. The van der Waals surface area contributed by atoms with Gasteiger partial charge in [-0.3, -0.25) is 0 Å². The van der Waals surface area contributed by atoms with Crippen LogP contribution in [0.3, 0.4) is 0 Å². The maximum absolute atomic E-state index is 9.29. The van der Waals surface area contributed by atoms with E-state index in [4.69, 9.17) is 0 Å². The molecule has 0 saturated carbocycles. The zero-order valence-electron chi connectivity index (χ0n) is 10.5. The second-order valence-electron chi connectivity index (χ2n) is 3.71. The Morgan fingerprint density at radius 2 is 1.47 bits per heavy atom. The number of thioether (sulfide) groups is 3. The summed E-state index contributed by atoms with van der Waals surface area (Å²) >= 11 is 17.3. The molecule has 2 unspecified atom stereocenters. The first-order chi connectivity index (χ1) is 8.95. The van der Waals surface area contributed by atoms with Gasteiger partial charge in [-0.25, -0.2) is 0 Å². The summed E-state index contributed by atoms with van der Waals surface area (Å²) in [5.74, 6) is 2.63. The predicted octanol–water partition coefficient (Wildman–Crippen LogP) is 1.34. The van der Waals surface area contributed by atoms with Gasteiger partial charge < -0.3 is 15.3 Å². The van der Waals surface area contributed by atoms with Gasteiger partial charge in [-0.15, -0.1) is 11.8 Å². The van der Waals surface area contributed by atoms with Gasteiger partial charge in [0, 0.05) is 34.0 Å². The Kier molecular flexibility index (Phi) is 13.8. The second-order valence-corrected chi connectivity index (χ2v) is 8.76. The van der Waals surface area contributed by atoms with E-state index in [2.05, 4.69) is 37.9 Å². The molecule has 2 atom stereocenters. The van der Waals surface area contributed by atoms with E-state index >= 15 is 0 Å². The largest absolute Gasteiger partial charge is 0.343 e. The molecule has 116 valence electrons. The van der Waals surface area contributed by atoms with E-state index in [9.17, 15) is 15.3 Å². The van der Waals surface area contributed by atoms with Crippen molar-refractivity contribution in [1.29, 1.82) is 0 Å². The number of aliphatic hydroxyl groups is 3. The summed E-state index contributed by atoms with van der Waals surface area (Å²) in [4.78, 5) is 0. The molecule has 0 radical (unpaired) electrons. The number of rotatable bonds is 12. The maximum Gasteiger partial charge on any atom is 0.288 e. The summed E-state index contributed by atoms with van der Waals surface area (Å²) in [5, 5.41) is 27.7. The van der Waals surface area contributed by atoms with Crippen molar-refractivity contribution in [2.45, 2.75) is 16.5 Å². The molecule has 3 N–H and O–H groups in total. The predicted molar refractivity (Wildman–Crippen MR) is 101 cm³/mol. The number of hydrogen-bond donors (Lipinski definition) is 6. The van der Waals surface area contributed by atoms with Crippen LogP contribution in [0.5, 0.6) is 0 Å². The van der Waals surface area contributed by atoms with Crippen LogP contribution >= 0.6 is 73.2 Å². The lowest BCUT2D eigenvalue weighted by molar-refractivity contribution is -0.307. The van der Waals surface area contributed by atoms with Crippen LogP contribution in [0.15, 0.2) is 0 Å². The van der Waals surface area contributed by atoms with Crippen LogP contribution in [0.2, 0.25) is 0 Å². The summed E-state index contributed by atoms with van der Waals surface area (Å²) in [7, 11) is 0. The first-order valence-corrected chi connectivity index (χ1v) is 10.9. The van der Waals surface area contributed by atoms with Crippen LogP contribution in [0, 0.1) is 0 Å². The Balaban J connectivity index is 4.02. The number of hydrogen-bond acceptors (Lipinski definition) is 9. The van der Waals surface area contributed by atoms with Crippen molar-refractivity contribution in [1.82, 2.24) is 0 Å². The van der Waals surface area contributed by atoms with Crippen molar-refractivity contribution >= 4 is 73.2 Å². The van der Waals surface area contributed by atoms with Crippen molar-refractivity contribution in [2.75, 3.05) is 40.3 Å². The quantitative estimate of drug-likeness (QED) is 0.226. The third kappa shape index (κ3) is 11.2. The minimum atomic E-state index is -2.63. The SMILES string of the molecule is OC(O)(O)C(CSCC(CS)SCCS)SCCS. The zero-order chi connectivity index (χ0) is 14.7. The fraction of sp³-hybridized carbons (Fsp3) is 1.00. The first kappa shape index (κ1) is 21.0. The van der Waals surface area contributed by atoms with Gasteiger partial charge in [0.25, 0.3) is 5.97 Å². The van der Waals surface area contributed by atoms with Crippen LogP contribution in [0.4, 0.5) is 0 Å². The van der Waals surface area contributed by atoms with Gasteiger partial charge >= 0.3 is 0 Å². The Morgan fingerprint density at radius 3 is 1.95 bits per heavy atom. The molecule has 0 rings (SSSR count). The van der Waals surface area contributed by atoms with Crippen LogP contribution in [0.25, 0.3) is 0 Å². The summed E-state index contributed by atoms with van der Waals surface area (Å²) in [6.07, 6.45) is 0. The van der Waals surface area contributed by atoms with Crippen molar-refractivity contribution in [3.05, 3.63) is 0 Å². The highest BCUT2D eigenvalue weighted by Gasteiger charge is 2.32.